The lowest BCUT2D eigenvalue weighted by Gasteiger charge is -2.08. The highest BCUT2D eigenvalue weighted by Gasteiger charge is 2.02. The predicted molar refractivity (Wildman–Crippen MR) is 63.3 cm³/mol. The fourth-order valence-corrected chi connectivity index (χ4v) is 1.19. The average Bonchev–Trinajstić information content (AvgIpc) is 2.28. The number of carbonyl (C=O) groups is 1. The van der Waals surface area contributed by atoms with Crippen LogP contribution in [0.3, 0.4) is 0 Å². The van der Waals surface area contributed by atoms with Crippen molar-refractivity contribution >= 4 is 17.5 Å². The number of aromatic nitrogens is 2. The Balaban J connectivity index is 2.67. The molecule has 1 rings (SSSR count). The first-order valence-electron chi connectivity index (χ1n) is 5.23. The van der Waals surface area contributed by atoms with Crippen molar-refractivity contribution in [3.05, 3.63) is 11.9 Å². The normalized spacial score (nSPS) is 9.88. The van der Waals surface area contributed by atoms with E-state index in [4.69, 9.17) is 5.73 Å². The molecule has 1 amide bonds. The average molecular weight is 223 g/mol. The highest BCUT2D eigenvalue weighted by Crippen LogP contribution is 2.10. The molecule has 0 atom stereocenters. The van der Waals surface area contributed by atoms with Gasteiger partial charge in [0.25, 0.3) is 0 Å². The zero-order valence-corrected chi connectivity index (χ0v) is 9.58. The van der Waals surface area contributed by atoms with Gasteiger partial charge in [0.15, 0.2) is 0 Å². The predicted octanol–water partition coefficient (Wildman–Crippen LogP) is 0.368. The standard InChI is InChI=1S/C10H17N5O/c1-3-8-14-9(12-2)6-10(15-8)13-5-4-7(11)16/h6H,3-5H2,1-2H3,(H2,11,16)(H2,12,13,14,15). The maximum absolute atomic E-state index is 10.6. The quantitative estimate of drug-likeness (QED) is 0.648. The molecule has 4 N–H and O–H groups in total. The Bertz CT molecular complexity index is 344. The number of carbonyl (C=O) groups excluding carboxylic acids is 1. The SMILES string of the molecule is CCc1nc(NC)cc(NCCC(N)=O)n1. The van der Waals surface area contributed by atoms with Gasteiger partial charge in [0.05, 0.1) is 0 Å². The first-order valence-corrected chi connectivity index (χ1v) is 5.23. The van der Waals surface area contributed by atoms with Gasteiger partial charge in [-0.3, -0.25) is 4.79 Å². The fourth-order valence-electron chi connectivity index (χ4n) is 1.19. The number of nitrogens with one attached hydrogen (secondary N) is 2. The molecule has 88 valence electrons. The van der Waals surface area contributed by atoms with Crippen LogP contribution in [0.25, 0.3) is 0 Å². The lowest BCUT2D eigenvalue weighted by molar-refractivity contribution is -0.117. The molecule has 0 aromatic carbocycles. The summed E-state index contributed by atoms with van der Waals surface area (Å²) in [6.45, 7) is 2.47. The van der Waals surface area contributed by atoms with E-state index in [9.17, 15) is 4.79 Å². The summed E-state index contributed by atoms with van der Waals surface area (Å²) in [5.74, 6) is 1.89. The Morgan fingerprint density at radius 2 is 2.12 bits per heavy atom. The van der Waals surface area contributed by atoms with Crippen molar-refractivity contribution in [3.8, 4) is 0 Å². The third kappa shape index (κ3) is 3.72. The molecule has 0 aliphatic rings. The number of amides is 1. The molecule has 0 aliphatic carbocycles. The van der Waals surface area contributed by atoms with Crippen molar-refractivity contribution < 1.29 is 4.79 Å². The van der Waals surface area contributed by atoms with Gasteiger partial charge < -0.3 is 16.4 Å². The summed E-state index contributed by atoms with van der Waals surface area (Å²) in [6.07, 6.45) is 1.06. The molecule has 16 heavy (non-hydrogen) atoms. The number of nitrogens with zero attached hydrogens (tertiary/aromatic N) is 2. The number of hydrogen-bond donors (Lipinski definition) is 3. The molecule has 0 saturated carbocycles. The summed E-state index contributed by atoms with van der Waals surface area (Å²) in [4.78, 5) is 19.1. The monoisotopic (exact) mass is 223 g/mol. The number of aryl methyl sites for hydroxylation is 1. The van der Waals surface area contributed by atoms with Crippen molar-refractivity contribution in [2.24, 2.45) is 5.73 Å². The molecule has 1 aromatic rings. The van der Waals surface area contributed by atoms with Crippen molar-refractivity contribution in [2.75, 3.05) is 24.2 Å². The summed E-state index contributed by atoms with van der Waals surface area (Å²) in [5, 5.41) is 5.99. The maximum atomic E-state index is 10.6. The van der Waals surface area contributed by atoms with Gasteiger partial charge in [0, 0.05) is 32.5 Å². The molecule has 0 aliphatic heterocycles. The van der Waals surface area contributed by atoms with E-state index >= 15 is 0 Å². The second-order valence-corrected chi connectivity index (χ2v) is 3.30. The zero-order chi connectivity index (χ0) is 12.0. The van der Waals surface area contributed by atoms with Gasteiger partial charge in [-0.15, -0.1) is 0 Å². The van der Waals surface area contributed by atoms with Gasteiger partial charge in [-0.25, -0.2) is 9.97 Å². The van der Waals surface area contributed by atoms with E-state index in [2.05, 4.69) is 20.6 Å². The topological polar surface area (TPSA) is 92.9 Å². The van der Waals surface area contributed by atoms with Crippen molar-refractivity contribution in [1.29, 1.82) is 0 Å². The molecule has 1 aromatic heterocycles. The van der Waals surface area contributed by atoms with Gasteiger partial charge >= 0.3 is 0 Å². The first kappa shape index (κ1) is 12.2. The Morgan fingerprint density at radius 1 is 1.44 bits per heavy atom. The maximum Gasteiger partial charge on any atom is 0.219 e. The molecule has 0 fully saturated rings. The number of nitrogens with two attached hydrogens (primary N) is 1. The van der Waals surface area contributed by atoms with Gasteiger partial charge in [0.2, 0.25) is 5.91 Å². The lowest BCUT2D eigenvalue weighted by Crippen LogP contribution is -2.16. The molecule has 0 saturated heterocycles. The van der Waals surface area contributed by atoms with Crippen molar-refractivity contribution in [2.45, 2.75) is 19.8 Å². The van der Waals surface area contributed by atoms with E-state index in [0.717, 1.165) is 18.1 Å². The lowest BCUT2D eigenvalue weighted by atomic mass is 10.4. The molecular weight excluding hydrogens is 206 g/mol. The van der Waals surface area contributed by atoms with Crippen LogP contribution in [0, 0.1) is 0 Å². The second-order valence-electron chi connectivity index (χ2n) is 3.30. The molecule has 0 unspecified atom stereocenters. The molecule has 6 nitrogen and oxygen atoms in total. The Labute approximate surface area is 94.7 Å². The van der Waals surface area contributed by atoms with Gasteiger partial charge in [-0.2, -0.15) is 0 Å². The van der Waals surface area contributed by atoms with Crippen molar-refractivity contribution in [1.82, 2.24) is 9.97 Å². The van der Waals surface area contributed by atoms with E-state index in [1.54, 1.807) is 13.1 Å². The van der Waals surface area contributed by atoms with Crippen LogP contribution in [-0.4, -0.2) is 29.5 Å². The molecule has 0 bridgehead atoms. The minimum atomic E-state index is -0.328. The summed E-state index contributed by atoms with van der Waals surface area (Å²) in [6, 6.07) is 1.79. The van der Waals surface area contributed by atoms with E-state index < -0.39 is 0 Å². The van der Waals surface area contributed by atoms with E-state index in [0.29, 0.717) is 18.8 Å². The number of primary amides is 1. The Kier molecular flexibility index (Phi) is 4.50. The van der Waals surface area contributed by atoms with Gasteiger partial charge in [0.1, 0.15) is 17.5 Å². The van der Waals surface area contributed by atoms with Crippen LogP contribution in [-0.2, 0) is 11.2 Å². The Hall–Kier alpha value is -1.85. The van der Waals surface area contributed by atoms with Crippen LogP contribution in [0.4, 0.5) is 11.6 Å². The number of anilines is 2. The number of rotatable bonds is 6. The molecule has 6 heteroatoms. The molecule has 0 spiro atoms. The third-order valence-corrected chi connectivity index (χ3v) is 2.02. The minimum absolute atomic E-state index is 0.292. The van der Waals surface area contributed by atoms with Crippen LogP contribution in [0.1, 0.15) is 19.2 Å². The summed E-state index contributed by atoms with van der Waals surface area (Å²) in [5.41, 5.74) is 5.04. The summed E-state index contributed by atoms with van der Waals surface area (Å²) >= 11 is 0. The van der Waals surface area contributed by atoms with Crippen molar-refractivity contribution in [3.63, 3.8) is 0 Å². The molecule has 0 radical (unpaired) electrons. The van der Waals surface area contributed by atoms with Crippen LogP contribution < -0.4 is 16.4 Å². The van der Waals surface area contributed by atoms with Crippen LogP contribution in [0.5, 0.6) is 0 Å². The zero-order valence-electron chi connectivity index (χ0n) is 9.58. The summed E-state index contributed by atoms with van der Waals surface area (Å²) in [7, 11) is 1.80. The largest absolute Gasteiger partial charge is 0.373 e. The van der Waals surface area contributed by atoms with E-state index in [1.165, 1.54) is 0 Å². The fraction of sp³-hybridized carbons (Fsp3) is 0.500. The van der Waals surface area contributed by atoms with Gasteiger partial charge in [-0.1, -0.05) is 6.92 Å². The smallest absolute Gasteiger partial charge is 0.219 e. The molecular formula is C10H17N5O. The van der Waals surface area contributed by atoms with E-state index in [-0.39, 0.29) is 5.91 Å². The van der Waals surface area contributed by atoms with Crippen LogP contribution >= 0.6 is 0 Å². The molecule has 1 heterocycles. The first-order chi connectivity index (χ1) is 7.65. The highest BCUT2D eigenvalue weighted by molar-refractivity contribution is 5.74. The van der Waals surface area contributed by atoms with Crippen LogP contribution in [0.15, 0.2) is 6.07 Å². The summed E-state index contributed by atoms with van der Waals surface area (Å²) < 4.78 is 0. The Morgan fingerprint density at radius 3 is 2.69 bits per heavy atom. The highest BCUT2D eigenvalue weighted by atomic mass is 16.1. The van der Waals surface area contributed by atoms with Crippen LogP contribution in [0.2, 0.25) is 0 Å². The second kappa shape index (κ2) is 5.89. The minimum Gasteiger partial charge on any atom is -0.373 e. The van der Waals surface area contributed by atoms with Gasteiger partial charge in [-0.05, 0) is 0 Å². The third-order valence-electron chi connectivity index (χ3n) is 2.02. The number of hydrogen-bond acceptors (Lipinski definition) is 5. The van der Waals surface area contributed by atoms with E-state index in [1.807, 2.05) is 6.92 Å².